The van der Waals surface area contributed by atoms with Gasteiger partial charge in [-0.2, -0.15) is 5.26 Å². The van der Waals surface area contributed by atoms with E-state index in [2.05, 4.69) is 42.4 Å². The molecule has 35 heavy (non-hydrogen) atoms. The number of hydrogen-bond acceptors (Lipinski definition) is 7. The van der Waals surface area contributed by atoms with Gasteiger partial charge in [-0.3, -0.25) is 4.79 Å². The van der Waals surface area contributed by atoms with Gasteiger partial charge in [-0.05, 0) is 55.2 Å². The molecule has 1 aromatic carbocycles. The van der Waals surface area contributed by atoms with E-state index in [9.17, 15) is 10.1 Å². The molecule has 0 saturated heterocycles. The fourth-order valence-corrected chi connectivity index (χ4v) is 6.45. The van der Waals surface area contributed by atoms with Gasteiger partial charge < -0.3 is 14.6 Å². The Morgan fingerprint density at radius 2 is 2.09 bits per heavy atom. The third kappa shape index (κ3) is 5.88. The predicted octanol–water partition coefficient (Wildman–Crippen LogP) is 5.69. The van der Waals surface area contributed by atoms with E-state index in [1.165, 1.54) is 16.6 Å². The minimum atomic E-state index is -0.148. The summed E-state index contributed by atoms with van der Waals surface area (Å²) in [5.74, 6) is 2.11. The Kier molecular flexibility index (Phi) is 7.82. The van der Waals surface area contributed by atoms with Crippen LogP contribution in [0.25, 0.3) is 0 Å². The molecule has 0 radical (unpaired) electrons. The van der Waals surface area contributed by atoms with Crippen molar-refractivity contribution in [2.24, 2.45) is 11.3 Å². The molecule has 2 aromatic heterocycles. The van der Waals surface area contributed by atoms with Gasteiger partial charge in [-0.25, -0.2) is 0 Å². The molecule has 1 aliphatic rings. The number of nitrogens with one attached hydrogen (secondary N) is 1. The number of rotatable bonds is 8. The van der Waals surface area contributed by atoms with E-state index in [0.717, 1.165) is 30.6 Å². The molecule has 1 amide bonds. The van der Waals surface area contributed by atoms with Crippen LogP contribution in [0.5, 0.6) is 5.75 Å². The standard InChI is InChI=1S/C26H31N5O2S2/c1-5-31-22(15-33-18-9-7-6-8-10-18)29-30-25(31)34-16-23(32)28-24-20(14-27)19-12-11-17(26(2,3)4)13-21(19)35-24/h6-10,17H,5,11-13,15-16H2,1-4H3,(H,28,32)/t17-/m1/s1. The highest BCUT2D eigenvalue weighted by molar-refractivity contribution is 7.99. The number of hydrogen-bond donors (Lipinski definition) is 1. The first-order valence-corrected chi connectivity index (χ1v) is 13.7. The number of carbonyl (C=O) groups is 1. The average molecular weight is 510 g/mol. The number of thioether (sulfide) groups is 1. The van der Waals surface area contributed by atoms with Crippen molar-refractivity contribution in [3.8, 4) is 11.8 Å². The van der Waals surface area contributed by atoms with Crippen LogP contribution in [0.4, 0.5) is 5.00 Å². The molecular formula is C26H31N5O2S2. The van der Waals surface area contributed by atoms with E-state index < -0.39 is 0 Å². The molecule has 0 spiro atoms. The Bertz CT molecular complexity index is 1220. The van der Waals surface area contributed by atoms with Crippen molar-refractivity contribution in [1.29, 1.82) is 5.26 Å². The molecule has 3 aromatic rings. The number of carbonyl (C=O) groups excluding carboxylic acids is 1. The first-order valence-electron chi connectivity index (χ1n) is 11.9. The lowest BCUT2D eigenvalue weighted by atomic mass is 9.72. The van der Waals surface area contributed by atoms with Crippen LogP contribution >= 0.6 is 23.1 Å². The van der Waals surface area contributed by atoms with Gasteiger partial charge in [0.25, 0.3) is 0 Å². The molecule has 1 N–H and O–H groups in total. The van der Waals surface area contributed by atoms with Crippen molar-refractivity contribution in [1.82, 2.24) is 14.8 Å². The summed E-state index contributed by atoms with van der Waals surface area (Å²) in [4.78, 5) is 14.0. The van der Waals surface area contributed by atoms with E-state index >= 15 is 0 Å². The summed E-state index contributed by atoms with van der Waals surface area (Å²) in [5, 5.41) is 22.6. The van der Waals surface area contributed by atoms with Gasteiger partial charge in [0, 0.05) is 11.4 Å². The molecule has 0 unspecified atom stereocenters. The highest BCUT2D eigenvalue weighted by atomic mass is 32.2. The van der Waals surface area contributed by atoms with Crippen LogP contribution in [0, 0.1) is 22.7 Å². The molecule has 7 nitrogen and oxygen atoms in total. The quantitative estimate of drug-likeness (QED) is 0.392. The summed E-state index contributed by atoms with van der Waals surface area (Å²) in [5.41, 5.74) is 1.98. The number of anilines is 1. The lowest BCUT2D eigenvalue weighted by molar-refractivity contribution is -0.113. The van der Waals surface area contributed by atoms with Crippen LogP contribution in [0.3, 0.4) is 0 Å². The molecule has 0 aliphatic heterocycles. The number of nitriles is 1. The van der Waals surface area contributed by atoms with E-state index in [-0.39, 0.29) is 17.1 Å². The molecule has 9 heteroatoms. The van der Waals surface area contributed by atoms with Crippen LogP contribution in [0.15, 0.2) is 35.5 Å². The summed E-state index contributed by atoms with van der Waals surface area (Å²) in [7, 11) is 0. The maximum absolute atomic E-state index is 12.8. The normalized spacial score (nSPS) is 15.3. The van der Waals surface area contributed by atoms with Crippen LogP contribution in [0.2, 0.25) is 0 Å². The highest BCUT2D eigenvalue weighted by Crippen LogP contribution is 2.44. The SMILES string of the molecule is CCn1c(COc2ccccc2)nnc1SCC(=O)Nc1sc2c(c1C#N)CC[C@@H](C(C)(C)C)C2. The van der Waals surface area contributed by atoms with Gasteiger partial charge in [0.2, 0.25) is 5.91 Å². The van der Waals surface area contributed by atoms with E-state index in [1.54, 1.807) is 11.3 Å². The fourth-order valence-electron chi connectivity index (χ4n) is 4.34. The zero-order valence-electron chi connectivity index (χ0n) is 20.6. The summed E-state index contributed by atoms with van der Waals surface area (Å²) in [6.07, 6.45) is 2.94. The molecule has 4 rings (SSSR count). The number of benzene rings is 1. The van der Waals surface area contributed by atoms with E-state index in [1.807, 2.05) is 41.8 Å². The number of aromatic nitrogens is 3. The molecule has 1 atom stereocenters. The Balaban J connectivity index is 1.38. The second-order valence-corrected chi connectivity index (χ2v) is 11.8. The van der Waals surface area contributed by atoms with Crippen LogP contribution in [0.1, 0.15) is 55.9 Å². The Labute approximate surface area is 214 Å². The number of thiophene rings is 1. The minimum absolute atomic E-state index is 0.148. The van der Waals surface area contributed by atoms with E-state index in [4.69, 9.17) is 4.74 Å². The topological polar surface area (TPSA) is 92.8 Å². The van der Waals surface area contributed by atoms with Crippen molar-refractivity contribution in [3.05, 3.63) is 52.2 Å². The second kappa shape index (κ2) is 10.8. The third-order valence-electron chi connectivity index (χ3n) is 6.41. The zero-order chi connectivity index (χ0) is 25.0. The molecule has 0 saturated carbocycles. The maximum atomic E-state index is 12.8. The first kappa shape index (κ1) is 25.3. The lowest BCUT2D eigenvalue weighted by Gasteiger charge is -2.33. The molecule has 0 fully saturated rings. The largest absolute Gasteiger partial charge is 0.486 e. The van der Waals surface area contributed by atoms with Crippen molar-refractivity contribution in [3.63, 3.8) is 0 Å². The molecular weight excluding hydrogens is 478 g/mol. The Morgan fingerprint density at radius 3 is 2.77 bits per heavy atom. The Morgan fingerprint density at radius 1 is 1.31 bits per heavy atom. The second-order valence-electron chi connectivity index (χ2n) is 9.71. The summed E-state index contributed by atoms with van der Waals surface area (Å²) in [6.45, 7) is 9.82. The number of nitrogens with zero attached hydrogens (tertiary/aromatic N) is 4. The third-order valence-corrected chi connectivity index (χ3v) is 8.54. The van der Waals surface area contributed by atoms with Crippen molar-refractivity contribution >= 4 is 34.0 Å². The monoisotopic (exact) mass is 509 g/mol. The van der Waals surface area contributed by atoms with Crippen LogP contribution in [-0.2, 0) is 30.8 Å². The summed E-state index contributed by atoms with van der Waals surface area (Å²) in [6, 6.07) is 11.9. The van der Waals surface area contributed by atoms with Crippen LogP contribution < -0.4 is 10.1 Å². The smallest absolute Gasteiger partial charge is 0.235 e. The predicted molar refractivity (Wildman–Crippen MR) is 140 cm³/mol. The number of fused-ring (bicyclic) bond motifs is 1. The lowest BCUT2D eigenvalue weighted by Crippen LogP contribution is -2.26. The van der Waals surface area contributed by atoms with Crippen molar-refractivity contribution < 1.29 is 9.53 Å². The zero-order valence-corrected chi connectivity index (χ0v) is 22.3. The number of amides is 1. The highest BCUT2D eigenvalue weighted by Gasteiger charge is 2.32. The molecule has 2 heterocycles. The van der Waals surface area contributed by atoms with Crippen LogP contribution in [-0.4, -0.2) is 26.4 Å². The molecule has 1 aliphatic carbocycles. The minimum Gasteiger partial charge on any atom is -0.486 e. The van der Waals surface area contributed by atoms with Gasteiger partial charge in [-0.1, -0.05) is 50.7 Å². The van der Waals surface area contributed by atoms with Crippen molar-refractivity contribution in [2.45, 2.75) is 65.3 Å². The number of para-hydroxylation sites is 1. The molecule has 184 valence electrons. The average Bonchev–Trinajstić information content (AvgIpc) is 3.40. The van der Waals surface area contributed by atoms with Gasteiger partial charge in [0.05, 0.1) is 11.3 Å². The van der Waals surface area contributed by atoms with Crippen molar-refractivity contribution in [2.75, 3.05) is 11.1 Å². The molecule has 0 bridgehead atoms. The Hall–Kier alpha value is -2.83. The fraction of sp³-hybridized carbons (Fsp3) is 0.462. The number of ether oxygens (including phenoxy) is 1. The van der Waals surface area contributed by atoms with Gasteiger partial charge in [-0.15, -0.1) is 21.5 Å². The van der Waals surface area contributed by atoms with Gasteiger partial charge in [0.1, 0.15) is 23.4 Å². The van der Waals surface area contributed by atoms with Gasteiger partial charge in [0.15, 0.2) is 11.0 Å². The van der Waals surface area contributed by atoms with Gasteiger partial charge >= 0.3 is 0 Å². The summed E-state index contributed by atoms with van der Waals surface area (Å²) < 4.78 is 7.76. The first-order chi connectivity index (χ1) is 16.8. The maximum Gasteiger partial charge on any atom is 0.235 e. The summed E-state index contributed by atoms with van der Waals surface area (Å²) >= 11 is 2.90. The van der Waals surface area contributed by atoms with E-state index in [0.29, 0.717) is 40.6 Å².